The summed E-state index contributed by atoms with van der Waals surface area (Å²) in [7, 11) is 0. The second kappa shape index (κ2) is 24.0. The van der Waals surface area contributed by atoms with E-state index in [4.69, 9.17) is 14.1 Å². The number of allylic oxidation sites excluding steroid dienone is 2. The maximum absolute atomic E-state index is 12.4. The van der Waals surface area contributed by atoms with Crippen LogP contribution in [0.1, 0.15) is 150 Å². The number of oxazole rings is 1. The summed E-state index contributed by atoms with van der Waals surface area (Å²) in [6.45, 7) is 5.40. The Morgan fingerprint density at radius 1 is 0.808 bits per heavy atom. The zero-order valence-electron chi connectivity index (χ0n) is 31.7. The van der Waals surface area contributed by atoms with E-state index in [0.717, 1.165) is 74.2 Å². The number of carboxylic acids is 1. The highest BCUT2D eigenvalue weighted by Gasteiger charge is 2.25. The average Bonchev–Trinajstić information content (AvgIpc) is 3.80. The molecule has 7 nitrogen and oxygen atoms in total. The molecule has 0 saturated heterocycles. The number of benzene rings is 2. The van der Waals surface area contributed by atoms with Gasteiger partial charge in [-0.05, 0) is 80.7 Å². The van der Waals surface area contributed by atoms with Gasteiger partial charge in [-0.2, -0.15) is 0 Å². The molecule has 280 valence electrons. The molecule has 0 aliphatic carbocycles. The molecule has 1 unspecified atom stereocenters. The lowest BCUT2D eigenvalue weighted by Gasteiger charge is -2.15. The zero-order valence-corrected chi connectivity index (χ0v) is 31.7. The summed E-state index contributed by atoms with van der Waals surface area (Å²) in [4.78, 5) is 21.7. The highest BCUT2D eigenvalue weighted by atomic mass is 16.5. The molecule has 2 heterocycles. The first kappa shape index (κ1) is 40.4. The van der Waals surface area contributed by atoms with Crippen molar-refractivity contribution in [3.05, 3.63) is 113 Å². The Morgan fingerprint density at radius 2 is 1.50 bits per heavy atom. The van der Waals surface area contributed by atoms with Gasteiger partial charge in [0.05, 0.1) is 5.69 Å². The van der Waals surface area contributed by atoms with Crippen molar-refractivity contribution < 1.29 is 19.1 Å². The van der Waals surface area contributed by atoms with E-state index in [1.807, 2.05) is 54.6 Å². The largest absolute Gasteiger partial charge is 0.487 e. The Balaban J connectivity index is 1.14. The third-order valence-electron chi connectivity index (χ3n) is 9.55. The second-order valence-corrected chi connectivity index (χ2v) is 13.9. The highest BCUT2D eigenvalue weighted by molar-refractivity contribution is 5.75. The smallest absolute Gasteiger partial charge is 0.314 e. The van der Waals surface area contributed by atoms with Crippen LogP contribution in [-0.2, 0) is 30.8 Å². The number of aromatic nitrogens is 3. The monoisotopic (exact) mass is 707 g/mol. The van der Waals surface area contributed by atoms with Gasteiger partial charge in [-0.1, -0.05) is 126 Å². The van der Waals surface area contributed by atoms with Gasteiger partial charge in [0, 0.05) is 18.8 Å². The Hall–Kier alpha value is -4.39. The third-order valence-corrected chi connectivity index (χ3v) is 9.55. The van der Waals surface area contributed by atoms with Crippen LogP contribution in [-0.4, -0.2) is 25.6 Å². The summed E-state index contributed by atoms with van der Waals surface area (Å²) < 4.78 is 13.6. The number of aliphatic carboxylic acids is 1. The zero-order chi connectivity index (χ0) is 36.6. The molecule has 52 heavy (non-hydrogen) atoms. The van der Waals surface area contributed by atoms with Crippen molar-refractivity contribution in [2.45, 2.75) is 142 Å². The molecule has 0 aliphatic heterocycles. The molecule has 2 aromatic carbocycles. The van der Waals surface area contributed by atoms with Crippen LogP contribution in [0.2, 0.25) is 0 Å². The fourth-order valence-electron chi connectivity index (χ4n) is 6.46. The molecule has 0 spiro atoms. The number of rotatable bonds is 27. The van der Waals surface area contributed by atoms with Crippen molar-refractivity contribution >= 4 is 18.1 Å². The number of aryl methyl sites for hydroxylation is 3. The Kier molecular flexibility index (Phi) is 18.6. The molecule has 1 N–H and O–H groups in total. The van der Waals surface area contributed by atoms with Gasteiger partial charge in [0.15, 0.2) is 0 Å². The molecule has 0 saturated carbocycles. The molecule has 2 aromatic heterocycles. The van der Waals surface area contributed by atoms with E-state index < -0.39 is 11.9 Å². The first-order valence-electron chi connectivity index (χ1n) is 19.9. The van der Waals surface area contributed by atoms with E-state index in [1.165, 1.54) is 63.4 Å². The van der Waals surface area contributed by atoms with Crippen LogP contribution in [0, 0.1) is 0 Å². The average molecular weight is 708 g/mol. The van der Waals surface area contributed by atoms with Gasteiger partial charge < -0.3 is 18.8 Å². The lowest BCUT2D eigenvalue weighted by molar-refractivity contribution is -0.139. The van der Waals surface area contributed by atoms with Crippen molar-refractivity contribution in [3.63, 3.8) is 0 Å². The number of nitrogens with zero attached hydrogens (tertiary/aromatic N) is 3. The quantitative estimate of drug-likeness (QED) is 0.0490. The molecular formula is C45H61N3O4. The number of hydrogen-bond donors (Lipinski definition) is 1. The highest BCUT2D eigenvalue weighted by Crippen LogP contribution is 2.25. The molecular weight excluding hydrogens is 647 g/mol. The topological polar surface area (TPSA) is 90.4 Å². The fourth-order valence-corrected chi connectivity index (χ4v) is 6.46. The van der Waals surface area contributed by atoms with Gasteiger partial charge in [0.1, 0.15) is 36.1 Å². The van der Waals surface area contributed by atoms with Crippen LogP contribution in [0.25, 0.3) is 12.2 Å². The lowest BCUT2D eigenvalue weighted by atomic mass is 9.99. The Labute approximate surface area is 312 Å². The predicted octanol–water partition coefficient (Wildman–Crippen LogP) is 12.0. The summed E-state index contributed by atoms with van der Waals surface area (Å²) in [6, 6.07) is 18.2. The molecule has 0 bridgehead atoms. The first-order chi connectivity index (χ1) is 25.6. The second-order valence-electron chi connectivity index (χ2n) is 13.9. The van der Waals surface area contributed by atoms with Gasteiger partial charge in [-0.3, -0.25) is 4.79 Å². The molecule has 4 aromatic rings. The lowest BCUT2D eigenvalue weighted by Crippen LogP contribution is -2.17. The van der Waals surface area contributed by atoms with Crippen LogP contribution in [0.3, 0.4) is 0 Å². The van der Waals surface area contributed by atoms with Crippen LogP contribution in [0.5, 0.6) is 5.75 Å². The molecule has 7 heteroatoms. The minimum absolute atomic E-state index is 0.326. The van der Waals surface area contributed by atoms with Gasteiger partial charge in [-0.15, -0.1) is 0 Å². The number of carboxylic acid groups (broad SMARTS) is 1. The normalized spacial score (nSPS) is 12.3. The number of imidazole rings is 1. The summed E-state index contributed by atoms with van der Waals surface area (Å²) in [6.07, 6.45) is 31.4. The maximum atomic E-state index is 12.4. The Morgan fingerprint density at radius 3 is 2.19 bits per heavy atom. The van der Waals surface area contributed by atoms with Crippen molar-refractivity contribution in [2.24, 2.45) is 0 Å². The van der Waals surface area contributed by atoms with Crippen LogP contribution in [0.4, 0.5) is 0 Å². The first-order valence-corrected chi connectivity index (χ1v) is 19.9. The van der Waals surface area contributed by atoms with Gasteiger partial charge in [-0.25, -0.2) is 9.97 Å². The third kappa shape index (κ3) is 15.1. The number of hydrogen-bond acceptors (Lipinski definition) is 5. The van der Waals surface area contributed by atoms with E-state index in [1.54, 1.807) is 6.26 Å². The van der Waals surface area contributed by atoms with E-state index in [2.05, 4.69) is 53.9 Å². The summed E-state index contributed by atoms with van der Waals surface area (Å²) in [5.41, 5.74) is 3.99. The van der Waals surface area contributed by atoms with Gasteiger partial charge >= 0.3 is 5.97 Å². The predicted molar refractivity (Wildman–Crippen MR) is 212 cm³/mol. The summed E-state index contributed by atoms with van der Waals surface area (Å²) in [5.74, 6) is 0.684. The van der Waals surface area contributed by atoms with Gasteiger partial charge in [0.2, 0.25) is 5.89 Å². The van der Waals surface area contributed by atoms with Gasteiger partial charge in [0.25, 0.3) is 0 Å². The minimum atomic E-state index is -0.772. The molecule has 0 amide bonds. The molecule has 0 radical (unpaired) electrons. The summed E-state index contributed by atoms with van der Waals surface area (Å²) in [5, 5.41) is 10.2. The molecule has 4 rings (SSSR count). The van der Waals surface area contributed by atoms with E-state index >= 15 is 0 Å². The van der Waals surface area contributed by atoms with Crippen molar-refractivity contribution in [1.29, 1.82) is 0 Å². The molecule has 0 fully saturated rings. The van der Waals surface area contributed by atoms with E-state index in [9.17, 15) is 9.90 Å². The summed E-state index contributed by atoms with van der Waals surface area (Å²) >= 11 is 0. The van der Waals surface area contributed by atoms with Crippen molar-refractivity contribution in [1.82, 2.24) is 14.5 Å². The number of unbranched alkanes of at least 4 members (excludes halogenated alkanes) is 11. The fraction of sp³-hybridized carbons (Fsp3) is 0.489. The Bertz CT molecular complexity index is 1600. The van der Waals surface area contributed by atoms with Crippen molar-refractivity contribution in [3.8, 4) is 5.75 Å². The number of carbonyl (C=O) groups is 1. The molecule has 1 atom stereocenters. The standard InChI is InChI=1S/C45H61N3O4/c1-3-5-6-7-8-9-10-11-12-13-14-15-16-17-21-26-42(45(49)50)44-47-39(4-2)34-48(44)33-22-25-38-27-30-41(31-28-38)51-35-40-36-52-43(46-40)32-29-37-23-19-18-20-24-37/h11-12,18-20,23-24,27-32,34,36,42H,3-10,13-17,21-22,25-26,33,35H2,1-2H3,(H,49,50). The molecule has 0 aliphatic rings. The van der Waals surface area contributed by atoms with Crippen LogP contribution >= 0.6 is 0 Å². The minimum Gasteiger partial charge on any atom is -0.487 e. The number of ether oxygens (including phenoxy) is 1. The van der Waals surface area contributed by atoms with E-state index in [0.29, 0.717) is 24.7 Å². The van der Waals surface area contributed by atoms with Crippen LogP contribution < -0.4 is 4.74 Å². The van der Waals surface area contributed by atoms with Crippen molar-refractivity contribution in [2.75, 3.05) is 0 Å². The van der Waals surface area contributed by atoms with Crippen LogP contribution in [0.15, 0.2) is 83.6 Å². The van der Waals surface area contributed by atoms with E-state index in [-0.39, 0.29) is 0 Å². The SMILES string of the molecule is CCCCCCCCC=CCCCCCCCC(C(=O)O)c1nc(CC)cn1CCCc1ccc(OCc2coc(C=Cc3ccccc3)n2)cc1. The maximum Gasteiger partial charge on any atom is 0.314 e.